The van der Waals surface area contributed by atoms with Crippen molar-refractivity contribution in [1.82, 2.24) is 35.3 Å². The SMILES string of the molecule is Cc1nc(COc2ncccn2)sc1-c1cccc(-c2ccc3nn[nH]c3c2)n1. The maximum atomic E-state index is 5.61. The van der Waals surface area contributed by atoms with Crippen molar-refractivity contribution in [1.29, 1.82) is 0 Å². The summed E-state index contributed by atoms with van der Waals surface area (Å²) in [4.78, 5) is 18.6. The molecule has 0 atom stereocenters. The van der Waals surface area contributed by atoms with Gasteiger partial charge in [0.25, 0.3) is 0 Å². The van der Waals surface area contributed by atoms with E-state index in [-0.39, 0.29) is 0 Å². The number of nitrogens with zero attached hydrogens (tertiary/aromatic N) is 6. The first-order valence-corrected chi connectivity index (χ1v) is 9.73. The first kappa shape index (κ1) is 17.4. The highest BCUT2D eigenvalue weighted by Crippen LogP contribution is 2.31. The van der Waals surface area contributed by atoms with Crippen molar-refractivity contribution >= 4 is 22.4 Å². The fourth-order valence-electron chi connectivity index (χ4n) is 2.96. The third-order valence-corrected chi connectivity index (χ3v) is 5.46. The van der Waals surface area contributed by atoms with Crippen LogP contribution in [0.3, 0.4) is 0 Å². The summed E-state index contributed by atoms with van der Waals surface area (Å²) in [6.45, 7) is 2.30. The van der Waals surface area contributed by atoms with Crippen LogP contribution >= 0.6 is 11.3 Å². The molecule has 0 amide bonds. The fourth-order valence-corrected chi connectivity index (χ4v) is 3.91. The van der Waals surface area contributed by atoms with Crippen LogP contribution in [-0.4, -0.2) is 35.3 Å². The lowest BCUT2D eigenvalue weighted by molar-refractivity contribution is 0.280. The molecule has 0 fully saturated rings. The van der Waals surface area contributed by atoms with Gasteiger partial charge in [-0.05, 0) is 37.3 Å². The fraction of sp³-hybridized carbons (Fsp3) is 0.100. The maximum absolute atomic E-state index is 5.61. The van der Waals surface area contributed by atoms with Gasteiger partial charge in [-0.3, -0.25) is 5.10 Å². The predicted molar refractivity (Wildman–Crippen MR) is 109 cm³/mol. The van der Waals surface area contributed by atoms with E-state index in [9.17, 15) is 0 Å². The molecule has 0 bridgehead atoms. The van der Waals surface area contributed by atoms with Crippen LogP contribution in [0.2, 0.25) is 0 Å². The van der Waals surface area contributed by atoms with Gasteiger partial charge in [-0.25, -0.2) is 19.9 Å². The Kier molecular flexibility index (Phi) is 4.41. The molecule has 1 N–H and O–H groups in total. The molecule has 5 aromatic rings. The van der Waals surface area contributed by atoms with Crippen LogP contribution < -0.4 is 4.74 Å². The number of aromatic amines is 1. The van der Waals surface area contributed by atoms with Crippen molar-refractivity contribution in [3.05, 3.63) is 65.6 Å². The largest absolute Gasteiger partial charge is 0.456 e. The third kappa shape index (κ3) is 3.55. The molecule has 0 saturated heterocycles. The average molecular weight is 401 g/mol. The van der Waals surface area contributed by atoms with Gasteiger partial charge < -0.3 is 4.74 Å². The molecule has 0 unspecified atom stereocenters. The molecule has 9 heteroatoms. The average Bonchev–Trinajstić information content (AvgIpc) is 3.39. The van der Waals surface area contributed by atoms with Crippen LogP contribution in [0.5, 0.6) is 6.01 Å². The lowest BCUT2D eigenvalue weighted by Crippen LogP contribution is -1.98. The van der Waals surface area contributed by atoms with E-state index in [4.69, 9.17) is 9.72 Å². The molecule has 1 aromatic carbocycles. The zero-order valence-electron chi connectivity index (χ0n) is 15.4. The Bertz CT molecular complexity index is 1280. The number of hydrogen-bond donors (Lipinski definition) is 1. The van der Waals surface area contributed by atoms with Crippen molar-refractivity contribution < 1.29 is 4.74 Å². The van der Waals surface area contributed by atoms with E-state index < -0.39 is 0 Å². The number of nitrogens with one attached hydrogen (secondary N) is 1. The minimum Gasteiger partial charge on any atom is -0.456 e. The molecule has 5 rings (SSSR count). The van der Waals surface area contributed by atoms with E-state index in [2.05, 4.69) is 30.4 Å². The van der Waals surface area contributed by atoms with Crippen molar-refractivity contribution in [3.63, 3.8) is 0 Å². The molecule has 0 aliphatic heterocycles. The van der Waals surface area contributed by atoms with Gasteiger partial charge in [0.1, 0.15) is 17.1 Å². The Labute approximate surface area is 169 Å². The molecule has 0 spiro atoms. The molecule has 4 aromatic heterocycles. The Morgan fingerprint density at radius 1 is 1.00 bits per heavy atom. The van der Waals surface area contributed by atoms with Gasteiger partial charge in [-0.2, -0.15) is 0 Å². The normalized spacial score (nSPS) is 11.1. The van der Waals surface area contributed by atoms with E-state index in [0.717, 1.165) is 43.6 Å². The summed E-state index contributed by atoms with van der Waals surface area (Å²) >= 11 is 1.56. The zero-order chi connectivity index (χ0) is 19.6. The van der Waals surface area contributed by atoms with Crippen LogP contribution in [0.15, 0.2) is 54.9 Å². The molecule has 0 saturated carbocycles. The third-order valence-electron chi connectivity index (χ3n) is 4.31. The van der Waals surface area contributed by atoms with Crippen LogP contribution in [0.25, 0.3) is 32.9 Å². The van der Waals surface area contributed by atoms with Crippen molar-refractivity contribution in [2.45, 2.75) is 13.5 Å². The first-order chi connectivity index (χ1) is 14.3. The van der Waals surface area contributed by atoms with E-state index in [0.29, 0.717) is 12.6 Å². The summed E-state index contributed by atoms with van der Waals surface area (Å²) in [6.07, 6.45) is 3.29. The Hall–Kier alpha value is -3.72. The molecule has 0 aliphatic carbocycles. The van der Waals surface area contributed by atoms with Gasteiger partial charge in [-0.15, -0.1) is 16.4 Å². The molecule has 142 valence electrons. The number of H-pyrrole nitrogens is 1. The molecular weight excluding hydrogens is 386 g/mol. The first-order valence-electron chi connectivity index (χ1n) is 8.91. The summed E-state index contributed by atoms with van der Waals surface area (Å²) < 4.78 is 5.61. The van der Waals surface area contributed by atoms with E-state index in [1.54, 1.807) is 29.8 Å². The Morgan fingerprint density at radius 2 is 1.86 bits per heavy atom. The predicted octanol–water partition coefficient (Wildman–Crippen LogP) is 3.82. The molecule has 29 heavy (non-hydrogen) atoms. The van der Waals surface area contributed by atoms with Crippen molar-refractivity contribution in [2.24, 2.45) is 0 Å². The summed E-state index contributed by atoms with van der Waals surface area (Å²) in [6, 6.07) is 14.0. The lowest BCUT2D eigenvalue weighted by Gasteiger charge is -2.04. The standard InChI is InChI=1S/C20H15N7OS/c1-12-19(29-18(23-12)11-28-20-21-8-3-9-22-20)16-5-2-4-14(24-16)13-6-7-15-17(10-13)26-27-25-15/h2-10H,11H2,1H3,(H,25,26,27). The van der Waals surface area contributed by atoms with Gasteiger partial charge >= 0.3 is 6.01 Å². The second-order valence-electron chi connectivity index (χ2n) is 6.29. The highest BCUT2D eigenvalue weighted by molar-refractivity contribution is 7.15. The summed E-state index contributed by atoms with van der Waals surface area (Å²) in [7, 11) is 0. The van der Waals surface area contributed by atoms with Crippen molar-refractivity contribution in [2.75, 3.05) is 0 Å². The Balaban J connectivity index is 1.42. The molecule has 8 nitrogen and oxygen atoms in total. The molecule has 4 heterocycles. The van der Waals surface area contributed by atoms with Crippen LogP contribution in [0.1, 0.15) is 10.7 Å². The number of ether oxygens (including phenoxy) is 1. The smallest absolute Gasteiger partial charge is 0.316 e. The lowest BCUT2D eigenvalue weighted by atomic mass is 10.1. The summed E-state index contributed by atoms with van der Waals surface area (Å²) in [5.74, 6) is 0. The second kappa shape index (κ2) is 7.36. The van der Waals surface area contributed by atoms with Crippen LogP contribution in [0, 0.1) is 6.92 Å². The minimum atomic E-state index is 0.318. The van der Waals surface area contributed by atoms with Gasteiger partial charge in [0.05, 0.1) is 27.5 Å². The van der Waals surface area contributed by atoms with Gasteiger partial charge in [0.2, 0.25) is 0 Å². The highest BCUT2D eigenvalue weighted by Gasteiger charge is 2.13. The Morgan fingerprint density at radius 3 is 2.76 bits per heavy atom. The quantitative estimate of drug-likeness (QED) is 0.477. The monoisotopic (exact) mass is 401 g/mol. The van der Waals surface area contributed by atoms with Crippen LogP contribution in [0.4, 0.5) is 0 Å². The number of thiazole rings is 1. The molecule has 0 aliphatic rings. The number of aromatic nitrogens is 7. The number of aryl methyl sites for hydroxylation is 1. The second-order valence-corrected chi connectivity index (χ2v) is 7.38. The van der Waals surface area contributed by atoms with Gasteiger partial charge in [0.15, 0.2) is 0 Å². The number of hydrogen-bond acceptors (Lipinski definition) is 8. The number of rotatable bonds is 5. The minimum absolute atomic E-state index is 0.318. The number of fused-ring (bicyclic) bond motifs is 1. The van der Waals surface area contributed by atoms with Gasteiger partial charge in [-0.1, -0.05) is 17.3 Å². The van der Waals surface area contributed by atoms with E-state index in [1.165, 1.54) is 0 Å². The highest BCUT2D eigenvalue weighted by atomic mass is 32.1. The summed E-state index contributed by atoms with van der Waals surface area (Å²) in [5.41, 5.74) is 5.38. The molecule has 0 radical (unpaired) electrons. The van der Waals surface area contributed by atoms with Crippen LogP contribution in [-0.2, 0) is 6.61 Å². The van der Waals surface area contributed by atoms with Gasteiger partial charge in [0, 0.05) is 18.0 Å². The van der Waals surface area contributed by atoms with E-state index >= 15 is 0 Å². The summed E-state index contributed by atoms with van der Waals surface area (Å²) in [5, 5.41) is 11.6. The number of pyridine rings is 1. The molecular formula is C20H15N7OS. The van der Waals surface area contributed by atoms with E-state index in [1.807, 2.05) is 43.3 Å². The number of benzene rings is 1. The van der Waals surface area contributed by atoms with Crippen molar-refractivity contribution in [3.8, 4) is 27.8 Å². The zero-order valence-corrected chi connectivity index (χ0v) is 16.2. The topological polar surface area (TPSA) is 102 Å². The maximum Gasteiger partial charge on any atom is 0.316 e.